The number of phosphoric ester groups is 1. The molecule has 0 unspecified atom stereocenters. The van der Waals surface area contributed by atoms with Gasteiger partial charge in [-0.2, -0.15) is 0 Å². The monoisotopic (exact) mass is 638 g/mol. The van der Waals surface area contributed by atoms with Crippen LogP contribution >= 0.6 is 19.6 Å². The van der Waals surface area contributed by atoms with Gasteiger partial charge < -0.3 is 28.8 Å². The Morgan fingerprint density at radius 2 is 1.95 bits per heavy atom. The number of phosphoric acid groups is 1. The highest BCUT2D eigenvalue weighted by molar-refractivity contribution is 7.99. The molecule has 230 valence electrons. The topological polar surface area (TPSA) is 158 Å². The molecule has 44 heavy (non-hydrogen) atoms. The molecular weight excluding hydrogens is 607 g/mol. The number of thioether (sulfide) groups is 1. The number of hydrogen-bond acceptors (Lipinski definition) is 8. The summed E-state index contributed by atoms with van der Waals surface area (Å²) in [5, 5.41) is 4.19. The summed E-state index contributed by atoms with van der Waals surface area (Å²) in [4.78, 5) is 50.1. The molecule has 1 fully saturated rings. The second kappa shape index (κ2) is 12.6. The van der Waals surface area contributed by atoms with Crippen molar-refractivity contribution in [2.75, 3.05) is 12.5 Å². The number of aromatic nitrogens is 3. The molecule has 1 saturated carbocycles. The van der Waals surface area contributed by atoms with Gasteiger partial charge in [0.05, 0.1) is 23.2 Å². The van der Waals surface area contributed by atoms with E-state index in [0.29, 0.717) is 27.6 Å². The lowest BCUT2D eigenvalue weighted by Crippen LogP contribution is -2.37. The van der Waals surface area contributed by atoms with Gasteiger partial charge in [-0.05, 0) is 55.3 Å². The normalized spacial score (nSPS) is 14.3. The van der Waals surface area contributed by atoms with Gasteiger partial charge in [0, 0.05) is 30.1 Å². The number of carbonyl (C=O) groups excluding carboxylic acids is 1. The van der Waals surface area contributed by atoms with Crippen LogP contribution in [0.15, 0.2) is 75.2 Å². The Morgan fingerprint density at radius 1 is 1.14 bits per heavy atom. The van der Waals surface area contributed by atoms with Gasteiger partial charge >= 0.3 is 7.82 Å². The highest BCUT2D eigenvalue weighted by Crippen LogP contribution is 2.36. The van der Waals surface area contributed by atoms with Crippen molar-refractivity contribution in [3.63, 3.8) is 0 Å². The van der Waals surface area contributed by atoms with E-state index in [-0.39, 0.29) is 29.0 Å². The summed E-state index contributed by atoms with van der Waals surface area (Å²) in [6, 6.07) is 16.0. The third-order valence-corrected chi connectivity index (χ3v) is 8.99. The minimum Gasteiger partial charge on any atom is -0.467 e. The fourth-order valence-electron chi connectivity index (χ4n) is 5.56. The van der Waals surface area contributed by atoms with E-state index >= 15 is 0 Å². The van der Waals surface area contributed by atoms with Crippen LogP contribution in [-0.4, -0.2) is 48.4 Å². The maximum atomic E-state index is 14.3. The summed E-state index contributed by atoms with van der Waals surface area (Å²) in [5.74, 6) is 0.829. The first-order valence-electron chi connectivity index (χ1n) is 14.1. The lowest BCUT2D eigenvalue weighted by atomic mass is 9.95. The number of furan rings is 1. The molecule has 5 aromatic rings. The number of nitrogens with zero attached hydrogens (tertiary/aromatic N) is 3. The van der Waals surface area contributed by atoms with E-state index in [9.17, 15) is 14.2 Å². The van der Waals surface area contributed by atoms with E-state index in [1.165, 1.54) is 11.0 Å². The van der Waals surface area contributed by atoms with Crippen molar-refractivity contribution in [2.45, 2.75) is 43.3 Å². The first kappa shape index (κ1) is 30.2. The van der Waals surface area contributed by atoms with Crippen LogP contribution in [0.5, 0.6) is 5.75 Å². The fraction of sp³-hybridized carbons (Fsp3) is 0.300. The lowest BCUT2D eigenvalue weighted by Gasteiger charge is -2.22. The molecule has 0 bridgehead atoms. The summed E-state index contributed by atoms with van der Waals surface area (Å²) in [5.41, 5.74) is 2.54. The van der Waals surface area contributed by atoms with Crippen molar-refractivity contribution in [3.05, 3.63) is 71.2 Å². The van der Waals surface area contributed by atoms with Gasteiger partial charge in [0.25, 0.3) is 5.56 Å². The number of hydrogen-bond donors (Lipinski definition) is 3. The molecule has 6 rings (SSSR count). The zero-order valence-corrected chi connectivity index (χ0v) is 25.6. The standard InChI is InChI=1S/C30H31N4O8PS/c1-33-24-13-12-19(25-11-6-14-40-25)15-23(24)27-28(33)29(36)34(21-9-5-10-22(16-21)41-18-42-43(37,38)39)30(32-27)44-17-26(35)31-20-7-3-2-4-8-20/h5-6,9-16,20H,2-4,7-8,17-18H2,1H3,(H,31,35)(H2,37,38,39). The molecule has 3 aromatic heterocycles. The van der Waals surface area contributed by atoms with Gasteiger partial charge in [-0.3, -0.25) is 14.2 Å². The van der Waals surface area contributed by atoms with Crippen molar-refractivity contribution in [1.29, 1.82) is 0 Å². The van der Waals surface area contributed by atoms with Crippen LogP contribution in [0.25, 0.3) is 38.9 Å². The van der Waals surface area contributed by atoms with Crippen LogP contribution < -0.4 is 15.6 Å². The van der Waals surface area contributed by atoms with Crippen molar-refractivity contribution in [3.8, 4) is 22.8 Å². The number of amides is 1. The van der Waals surface area contributed by atoms with Gasteiger partial charge in [-0.15, -0.1) is 0 Å². The Balaban J connectivity index is 1.42. The molecule has 1 aliphatic rings. The smallest absolute Gasteiger partial charge is 0.467 e. The molecule has 2 aromatic carbocycles. The van der Waals surface area contributed by atoms with E-state index in [1.54, 1.807) is 42.1 Å². The zero-order chi connectivity index (χ0) is 30.8. The summed E-state index contributed by atoms with van der Waals surface area (Å²) in [6.07, 6.45) is 6.87. The third kappa shape index (κ3) is 6.47. The van der Waals surface area contributed by atoms with Gasteiger partial charge in [0.1, 0.15) is 22.5 Å². The van der Waals surface area contributed by atoms with Gasteiger partial charge in [-0.1, -0.05) is 37.1 Å². The van der Waals surface area contributed by atoms with Crippen LogP contribution in [0.1, 0.15) is 32.1 Å². The number of nitrogens with one attached hydrogen (secondary N) is 1. The first-order chi connectivity index (χ1) is 21.2. The lowest BCUT2D eigenvalue weighted by molar-refractivity contribution is -0.119. The summed E-state index contributed by atoms with van der Waals surface area (Å²) >= 11 is 1.16. The van der Waals surface area contributed by atoms with Crippen LogP contribution in [0.3, 0.4) is 0 Å². The summed E-state index contributed by atoms with van der Waals surface area (Å²) in [6.45, 7) is -0.690. The second-order valence-electron chi connectivity index (χ2n) is 10.6. The molecule has 0 saturated heterocycles. The fourth-order valence-corrected chi connectivity index (χ4v) is 6.57. The summed E-state index contributed by atoms with van der Waals surface area (Å²) < 4.78 is 29.7. The zero-order valence-electron chi connectivity index (χ0n) is 23.8. The van der Waals surface area contributed by atoms with Crippen molar-refractivity contribution >= 4 is 47.4 Å². The molecule has 12 nitrogen and oxygen atoms in total. The number of carbonyl (C=O) groups is 1. The third-order valence-electron chi connectivity index (χ3n) is 7.61. The van der Waals surface area contributed by atoms with E-state index in [0.717, 1.165) is 53.9 Å². The van der Waals surface area contributed by atoms with Gasteiger partial charge in [0.15, 0.2) is 11.9 Å². The Morgan fingerprint density at radius 3 is 2.70 bits per heavy atom. The Labute approximate surface area is 256 Å². The maximum Gasteiger partial charge on any atom is 0.472 e. The minimum absolute atomic E-state index is 0.0587. The highest BCUT2D eigenvalue weighted by Gasteiger charge is 2.22. The molecule has 3 N–H and O–H groups in total. The van der Waals surface area contributed by atoms with E-state index in [4.69, 9.17) is 23.9 Å². The van der Waals surface area contributed by atoms with Crippen LogP contribution in [0.2, 0.25) is 0 Å². The Hall–Kier alpha value is -3.87. The van der Waals surface area contributed by atoms with E-state index < -0.39 is 14.6 Å². The van der Waals surface area contributed by atoms with Crippen molar-refractivity contribution in [1.82, 2.24) is 19.4 Å². The number of ether oxygens (including phenoxy) is 1. The summed E-state index contributed by atoms with van der Waals surface area (Å²) in [7, 11) is -2.93. The first-order valence-corrected chi connectivity index (χ1v) is 16.6. The maximum absolute atomic E-state index is 14.3. The number of aryl methyl sites for hydroxylation is 1. The Bertz CT molecular complexity index is 1930. The van der Waals surface area contributed by atoms with Crippen molar-refractivity contribution in [2.24, 2.45) is 7.05 Å². The molecular formula is C30H31N4O8PS. The Kier molecular flexibility index (Phi) is 8.66. The number of benzene rings is 2. The molecule has 1 aliphatic carbocycles. The quantitative estimate of drug-likeness (QED) is 0.0811. The number of rotatable bonds is 10. The molecule has 1 amide bonds. The van der Waals surface area contributed by atoms with Crippen LogP contribution in [0.4, 0.5) is 0 Å². The molecule has 0 atom stereocenters. The molecule has 0 radical (unpaired) electrons. The van der Waals surface area contributed by atoms with Crippen LogP contribution in [0, 0.1) is 0 Å². The average molecular weight is 639 g/mol. The molecule has 0 aliphatic heterocycles. The molecule has 0 spiro atoms. The van der Waals surface area contributed by atoms with E-state index in [2.05, 4.69) is 9.84 Å². The predicted molar refractivity (Wildman–Crippen MR) is 166 cm³/mol. The molecule has 3 heterocycles. The molecule has 14 heteroatoms. The highest BCUT2D eigenvalue weighted by atomic mass is 32.2. The SMILES string of the molecule is Cn1c2ccc(-c3ccco3)cc2c2nc(SCC(=O)NC3CCCCC3)n(-c3cccc(OCOP(=O)(O)O)c3)c(=O)c21. The minimum atomic E-state index is -4.73. The van der Waals surface area contributed by atoms with Gasteiger partial charge in [0.2, 0.25) is 5.91 Å². The number of fused-ring (bicyclic) bond motifs is 3. The van der Waals surface area contributed by atoms with Crippen LogP contribution in [-0.2, 0) is 20.9 Å². The second-order valence-corrected chi connectivity index (χ2v) is 12.8. The van der Waals surface area contributed by atoms with Crippen molar-refractivity contribution < 1.29 is 32.8 Å². The average Bonchev–Trinajstić information content (AvgIpc) is 3.63. The van der Waals surface area contributed by atoms with E-state index in [1.807, 2.05) is 30.3 Å². The predicted octanol–water partition coefficient (Wildman–Crippen LogP) is 5.12. The van der Waals surface area contributed by atoms with Gasteiger partial charge in [-0.25, -0.2) is 14.1 Å². The largest absolute Gasteiger partial charge is 0.472 e.